The molecule has 24 heavy (non-hydrogen) atoms. The highest BCUT2D eigenvalue weighted by Gasteiger charge is 2.19. The predicted molar refractivity (Wildman–Crippen MR) is 83.8 cm³/mol. The summed E-state index contributed by atoms with van der Waals surface area (Å²) in [5.41, 5.74) is 0.103. The molecule has 0 fully saturated rings. The van der Waals surface area contributed by atoms with Gasteiger partial charge < -0.3 is 14.7 Å². The zero-order valence-electron chi connectivity index (χ0n) is 11.6. The van der Waals surface area contributed by atoms with Crippen molar-refractivity contribution in [3.8, 4) is 28.6 Å². The first-order valence-electron chi connectivity index (χ1n) is 6.42. The molecule has 0 aliphatic rings. The molecule has 0 aliphatic heterocycles. The number of carboxylic acids is 1. The summed E-state index contributed by atoms with van der Waals surface area (Å²) < 4.78 is 18.6. The van der Waals surface area contributed by atoms with E-state index >= 15 is 0 Å². The average molecular weight is 369 g/mol. The maximum absolute atomic E-state index is 13.6. The minimum atomic E-state index is -1.18. The number of aromatic hydroxyl groups is 1. The first kappa shape index (κ1) is 16.2. The summed E-state index contributed by atoms with van der Waals surface area (Å²) in [6, 6.07) is 5.85. The Morgan fingerprint density at radius 1 is 1.12 bits per heavy atom. The van der Waals surface area contributed by atoms with E-state index in [4.69, 9.17) is 32.8 Å². The van der Waals surface area contributed by atoms with Crippen LogP contribution in [0.3, 0.4) is 0 Å². The Morgan fingerprint density at radius 2 is 1.88 bits per heavy atom. The van der Waals surface area contributed by atoms with Crippen LogP contribution in [0.15, 0.2) is 34.9 Å². The molecule has 3 rings (SSSR count). The molecular weight excluding hydrogens is 362 g/mol. The van der Waals surface area contributed by atoms with Gasteiger partial charge in [0.1, 0.15) is 11.6 Å². The SMILES string of the molecule is O=C(O)c1ccc(O)c(-c2noc(-c3cc(F)c(Cl)cc3Cl)n2)c1. The van der Waals surface area contributed by atoms with Crippen molar-refractivity contribution in [2.24, 2.45) is 0 Å². The lowest BCUT2D eigenvalue weighted by molar-refractivity contribution is 0.0697. The fourth-order valence-corrected chi connectivity index (χ4v) is 2.44. The number of rotatable bonds is 3. The van der Waals surface area contributed by atoms with E-state index < -0.39 is 11.8 Å². The molecule has 0 atom stereocenters. The smallest absolute Gasteiger partial charge is 0.335 e. The predicted octanol–water partition coefficient (Wildman–Crippen LogP) is 4.25. The minimum Gasteiger partial charge on any atom is -0.507 e. The van der Waals surface area contributed by atoms with Crippen molar-refractivity contribution in [3.63, 3.8) is 0 Å². The van der Waals surface area contributed by atoms with Gasteiger partial charge in [-0.2, -0.15) is 4.98 Å². The molecule has 1 heterocycles. The van der Waals surface area contributed by atoms with Crippen LogP contribution in [0.4, 0.5) is 4.39 Å². The maximum atomic E-state index is 13.6. The van der Waals surface area contributed by atoms with Gasteiger partial charge in [-0.15, -0.1) is 0 Å². The lowest BCUT2D eigenvalue weighted by Crippen LogP contribution is -1.96. The number of halogens is 3. The van der Waals surface area contributed by atoms with Gasteiger partial charge in [-0.3, -0.25) is 0 Å². The monoisotopic (exact) mass is 368 g/mol. The third-order valence-corrected chi connectivity index (χ3v) is 3.75. The molecular formula is C15H7Cl2FN2O4. The second kappa shape index (κ2) is 6.10. The van der Waals surface area contributed by atoms with Crippen molar-refractivity contribution in [1.29, 1.82) is 0 Å². The quantitative estimate of drug-likeness (QED) is 0.670. The highest BCUT2D eigenvalue weighted by Crippen LogP contribution is 2.34. The number of aromatic carboxylic acids is 1. The molecule has 0 radical (unpaired) electrons. The zero-order valence-corrected chi connectivity index (χ0v) is 13.1. The van der Waals surface area contributed by atoms with E-state index in [9.17, 15) is 14.3 Å². The minimum absolute atomic E-state index is 0.0513. The molecule has 3 aromatic rings. The molecule has 0 saturated heterocycles. The van der Waals surface area contributed by atoms with Gasteiger partial charge in [-0.25, -0.2) is 9.18 Å². The van der Waals surface area contributed by atoms with Crippen LogP contribution < -0.4 is 0 Å². The molecule has 0 amide bonds. The highest BCUT2D eigenvalue weighted by atomic mass is 35.5. The Morgan fingerprint density at radius 3 is 2.58 bits per heavy atom. The molecule has 9 heteroatoms. The van der Waals surface area contributed by atoms with Gasteiger partial charge in [-0.1, -0.05) is 28.4 Å². The van der Waals surface area contributed by atoms with Crippen LogP contribution >= 0.6 is 23.2 Å². The van der Waals surface area contributed by atoms with E-state index in [1.54, 1.807) is 0 Å². The Labute approximate surface area is 144 Å². The largest absolute Gasteiger partial charge is 0.507 e. The van der Waals surface area contributed by atoms with Gasteiger partial charge in [0.25, 0.3) is 5.89 Å². The van der Waals surface area contributed by atoms with E-state index in [-0.39, 0.29) is 44.2 Å². The second-order valence-corrected chi connectivity index (χ2v) is 5.52. The van der Waals surface area contributed by atoms with Gasteiger partial charge in [0, 0.05) is 0 Å². The summed E-state index contributed by atoms with van der Waals surface area (Å²) in [6.07, 6.45) is 0. The van der Waals surface area contributed by atoms with E-state index in [2.05, 4.69) is 10.1 Å². The second-order valence-electron chi connectivity index (χ2n) is 4.71. The van der Waals surface area contributed by atoms with Crippen LogP contribution in [-0.4, -0.2) is 26.3 Å². The van der Waals surface area contributed by atoms with Gasteiger partial charge in [0.05, 0.1) is 26.7 Å². The van der Waals surface area contributed by atoms with Crippen LogP contribution in [0.25, 0.3) is 22.8 Å². The lowest BCUT2D eigenvalue weighted by Gasteiger charge is -2.01. The fraction of sp³-hybridized carbons (Fsp3) is 0. The van der Waals surface area contributed by atoms with Crippen LogP contribution in [0.5, 0.6) is 5.75 Å². The highest BCUT2D eigenvalue weighted by molar-refractivity contribution is 6.36. The average Bonchev–Trinajstić information content (AvgIpc) is 3.00. The van der Waals surface area contributed by atoms with E-state index in [0.717, 1.165) is 6.07 Å². The third-order valence-electron chi connectivity index (χ3n) is 3.15. The van der Waals surface area contributed by atoms with Crippen molar-refractivity contribution >= 4 is 29.2 Å². The molecule has 6 nitrogen and oxygen atoms in total. The van der Waals surface area contributed by atoms with Gasteiger partial charge in [0.15, 0.2) is 0 Å². The Hall–Kier alpha value is -2.64. The van der Waals surface area contributed by atoms with E-state index in [1.807, 2.05) is 0 Å². The maximum Gasteiger partial charge on any atom is 0.335 e. The van der Waals surface area contributed by atoms with Crippen LogP contribution in [0, 0.1) is 5.82 Å². The number of phenolic OH excluding ortho intramolecular Hbond substituents is 1. The molecule has 2 N–H and O–H groups in total. The van der Waals surface area contributed by atoms with Crippen molar-refractivity contribution in [2.75, 3.05) is 0 Å². The third kappa shape index (κ3) is 2.91. The first-order valence-corrected chi connectivity index (χ1v) is 7.17. The number of carboxylic acid groups (broad SMARTS) is 1. The topological polar surface area (TPSA) is 96.5 Å². The zero-order chi connectivity index (χ0) is 17.4. The number of nitrogens with zero attached hydrogens (tertiary/aromatic N) is 2. The molecule has 0 bridgehead atoms. The summed E-state index contributed by atoms with van der Waals surface area (Å²) >= 11 is 11.6. The molecule has 1 aromatic heterocycles. The van der Waals surface area contributed by atoms with E-state index in [1.165, 1.54) is 24.3 Å². The van der Waals surface area contributed by atoms with Crippen molar-refractivity contribution in [2.45, 2.75) is 0 Å². The van der Waals surface area contributed by atoms with Crippen molar-refractivity contribution in [1.82, 2.24) is 10.1 Å². The number of phenols is 1. The summed E-state index contributed by atoms with van der Waals surface area (Å²) in [4.78, 5) is 15.0. The van der Waals surface area contributed by atoms with Gasteiger partial charge >= 0.3 is 5.97 Å². The summed E-state index contributed by atoms with van der Waals surface area (Å²) in [7, 11) is 0. The fourth-order valence-electron chi connectivity index (χ4n) is 1.98. The molecule has 2 aromatic carbocycles. The Balaban J connectivity index is 2.08. The van der Waals surface area contributed by atoms with Gasteiger partial charge in [0.2, 0.25) is 5.82 Å². The Bertz CT molecular complexity index is 959. The summed E-state index contributed by atoms with van der Waals surface area (Å²) in [5, 5.41) is 22.5. The number of hydrogen-bond acceptors (Lipinski definition) is 5. The number of aromatic nitrogens is 2. The first-order chi connectivity index (χ1) is 11.4. The number of benzene rings is 2. The van der Waals surface area contributed by atoms with Crippen LogP contribution in [-0.2, 0) is 0 Å². The van der Waals surface area contributed by atoms with Crippen LogP contribution in [0.1, 0.15) is 10.4 Å². The molecule has 0 saturated carbocycles. The number of hydrogen-bond donors (Lipinski definition) is 2. The standard InChI is InChI=1S/C15H7Cl2FN2O4/c16-9-5-10(17)11(18)4-7(9)14-19-13(20-24-14)8-3-6(15(22)23)1-2-12(8)21/h1-5,21H,(H,22,23). The molecule has 0 spiro atoms. The van der Waals surface area contributed by atoms with Crippen LogP contribution in [0.2, 0.25) is 10.0 Å². The van der Waals surface area contributed by atoms with Crippen molar-refractivity contribution < 1.29 is 23.9 Å². The van der Waals surface area contributed by atoms with Gasteiger partial charge in [-0.05, 0) is 30.3 Å². The summed E-state index contributed by atoms with van der Waals surface area (Å²) in [6.45, 7) is 0. The normalized spacial score (nSPS) is 10.8. The molecule has 0 aliphatic carbocycles. The number of carbonyl (C=O) groups is 1. The van der Waals surface area contributed by atoms with E-state index in [0.29, 0.717) is 0 Å². The molecule has 122 valence electrons. The van der Waals surface area contributed by atoms with Crippen molar-refractivity contribution in [3.05, 3.63) is 51.8 Å². The molecule has 0 unspecified atom stereocenters. The summed E-state index contributed by atoms with van der Waals surface area (Å²) in [5.74, 6) is -2.31. The Kier molecular flexibility index (Phi) is 4.13. The lowest BCUT2D eigenvalue weighted by atomic mass is 10.1.